The van der Waals surface area contributed by atoms with E-state index in [0.717, 1.165) is 19.4 Å². The predicted octanol–water partition coefficient (Wildman–Crippen LogP) is 3.94. The van der Waals surface area contributed by atoms with Crippen molar-refractivity contribution in [3.8, 4) is 0 Å². The lowest BCUT2D eigenvalue weighted by Crippen LogP contribution is -2.29. The molecule has 0 aliphatic carbocycles. The van der Waals surface area contributed by atoms with Crippen LogP contribution in [0.25, 0.3) is 10.8 Å². The molecule has 18 heavy (non-hydrogen) atoms. The van der Waals surface area contributed by atoms with Gasteiger partial charge in [-0.1, -0.05) is 55.5 Å². The lowest BCUT2D eigenvalue weighted by molar-refractivity contribution is 0.586. The molecule has 0 amide bonds. The first-order valence-corrected chi connectivity index (χ1v) is 6.67. The van der Waals surface area contributed by atoms with E-state index < -0.39 is 0 Å². The van der Waals surface area contributed by atoms with Gasteiger partial charge in [0.2, 0.25) is 0 Å². The van der Waals surface area contributed by atoms with Gasteiger partial charge in [-0.3, -0.25) is 0 Å². The van der Waals surface area contributed by atoms with Crippen molar-refractivity contribution >= 4 is 10.8 Å². The lowest BCUT2D eigenvalue weighted by atomic mass is 10.0. The number of hydrogen-bond acceptors (Lipinski definition) is 1. The van der Waals surface area contributed by atoms with Crippen LogP contribution in [-0.2, 0) is 6.42 Å². The molecule has 0 saturated carbocycles. The van der Waals surface area contributed by atoms with E-state index >= 15 is 0 Å². The fraction of sp³-hybridized carbons (Fsp3) is 0.294. The van der Waals surface area contributed by atoms with Crippen molar-refractivity contribution < 1.29 is 0 Å². The maximum atomic E-state index is 3.91. The Hall–Kier alpha value is -1.60. The van der Waals surface area contributed by atoms with Gasteiger partial charge < -0.3 is 5.32 Å². The van der Waals surface area contributed by atoms with Crippen molar-refractivity contribution in [2.45, 2.75) is 25.8 Å². The molecule has 0 saturated heterocycles. The summed E-state index contributed by atoms with van der Waals surface area (Å²) < 4.78 is 0. The lowest BCUT2D eigenvalue weighted by Gasteiger charge is -2.14. The predicted molar refractivity (Wildman–Crippen MR) is 79.9 cm³/mol. The minimum atomic E-state index is 0.367. The highest BCUT2D eigenvalue weighted by atomic mass is 14.9. The second kappa shape index (κ2) is 6.36. The Morgan fingerprint density at radius 1 is 1.17 bits per heavy atom. The van der Waals surface area contributed by atoms with Gasteiger partial charge in [0.05, 0.1) is 0 Å². The third kappa shape index (κ3) is 3.21. The number of nitrogens with one attached hydrogen (secondary N) is 1. The fourth-order valence-corrected chi connectivity index (χ4v) is 2.19. The van der Waals surface area contributed by atoms with E-state index in [0.29, 0.717) is 6.04 Å². The average molecular weight is 239 g/mol. The molecule has 2 aromatic rings. The Labute approximate surface area is 110 Å². The zero-order chi connectivity index (χ0) is 12.8. The Morgan fingerprint density at radius 3 is 2.67 bits per heavy atom. The van der Waals surface area contributed by atoms with Gasteiger partial charge in [-0.25, -0.2) is 0 Å². The number of hydrogen-bond donors (Lipinski definition) is 1. The molecule has 1 heteroatoms. The van der Waals surface area contributed by atoms with Crippen molar-refractivity contribution in [2.75, 3.05) is 6.54 Å². The second-order valence-electron chi connectivity index (χ2n) is 4.68. The molecule has 2 aromatic carbocycles. The standard InChI is InChI=1S/C17H21N/c1-3-11-18-17(4-2)13-14-9-10-15-7-5-6-8-16(15)12-14/h4-10,12,17-18H,2-3,11,13H2,1H3. The molecule has 1 unspecified atom stereocenters. The maximum Gasteiger partial charge on any atom is 0.0287 e. The molecular formula is C17H21N. The van der Waals surface area contributed by atoms with Gasteiger partial charge in [0, 0.05) is 6.04 Å². The molecule has 0 heterocycles. The summed E-state index contributed by atoms with van der Waals surface area (Å²) >= 11 is 0. The van der Waals surface area contributed by atoms with Crippen LogP contribution >= 0.6 is 0 Å². The van der Waals surface area contributed by atoms with E-state index in [9.17, 15) is 0 Å². The van der Waals surface area contributed by atoms with Crippen LogP contribution in [-0.4, -0.2) is 12.6 Å². The van der Waals surface area contributed by atoms with Crippen LogP contribution < -0.4 is 5.32 Å². The molecule has 1 N–H and O–H groups in total. The van der Waals surface area contributed by atoms with Crippen molar-refractivity contribution in [2.24, 2.45) is 0 Å². The average Bonchev–Trinajstić information content (AvgIpc) is 2.43. The van der Waals surface area contributed by atoms with Gasteiger partial charge in [0.1, 0.15) is 0 Å². The van der Waals surface area contributed by atoms with Crippen molar-refractivity contribution in [1.82, 2.24) is 5.32 Å². The Bertz CT molecular complexity index is 516. The second-order valence-corrected chi connectivity index (χ2v) is 4.68. The Kier molecular flexibility index (Phi) is 4.54. The highest BCUT2D eigenvalue weighted by Crippen LogP contribution is 2.16. The molecule has 0 aromatic heterocycles. The molecule has 0 aliphatic rings. The first kappa shape index (κ1) is 12.8. The Morgan fingerprint density at radius 2 is 1.94 bits per heavy atom. The van der Waals surface area contributed by atoms with Crippen molar-refractivity contribution in [3.63, 3.8) is 0 Å². The van der Waals surface area contributed by atoms with Crippen LogP contribution in [0.1, 0.15) is 18.9 Å². The van der Waals surface area contributed by atoms with Crippen molar-refractivity contribution in [1.29, 1.82) is 0 Å². The van der Waals surface area contributed by atoms with Gasteiger partial charge in [0.15, 0.2) is 0 Å². The number of benzene rings is 2. The van der Waals surface area contributed by atoms with Crippen LogP contribution in [0.2, 0.25) is 0 Å². The molecule has 1 nitrogen and oxygen atoms in total. The molecule has 0 bridgehead atoms. The first-order valence-electron chi connectivity index (χ1n) is 6.67. The number of fused-ring (bicyclic) bond motifs is 1. The van der Waals surface area contributed by atoms with Gasteiger partial charge in [-0.05, 0) is 35.7 Å². The third-order valence-electron chi connectivity index (χ3n) is 3.21. The summed E-state index contributed by atoms with van der Waals surface area (Å²) in [6.07, 6.45) is 4.17. The highest BCUT2D eigenvalue weighted by Gasteiger charge is 2.04. The Balaban J connectivity index is 2.12. The monoisotopic (exact) mass is 239 g/mol. The molecule has 1 atom stereocenters. The first-order chi connectivity index (χ1) is 8.83. The normalized spacial score (nSPS) is 12.5. The highest BCUT2D eigenvalue weighted by molar-refractivity contribution is 5.83. The molecule has 2 rings (SSSR count). The van der Waals surface area contributed by atoms with E-state index in [1.165, 1.54) is 16.3 Å². The van der Waals surface area contributed by atoms with Crippen molar-refractivity contribution in [3.05, 3.63) is 60.7 Å². The molecule has 0 aliphatic heterocycles. The molecule has 0 fully saturated rings. The smallest absolute Gasteiger partial charge is 0.0287 e. The largest absolute Gasteiger partial charge is 0.310 e. The topological polar surface area (TPSA) is 12.0 Å². The van der Waals surface area contributed by atoms with Gasteiger partial charge in [-0.15, -0.1) is 6.58 Å². The molecular weight excluding hydrogens is 218 g/mol. The minimum absolute atomic E-state index is 0.367. The SMILES string of the molecule is C=CC(Cc1ccc2ccccc2c1)NCCC. The zero-order valence-corrected chi connectivity index (χ0v) is 11.0. The van der Waals surface area contributed by atoms with Crippen LogP contribution in [0.5, 0.6) is 0 Å². The van der Waals surface area contributed by atoms with E-state index in [4.69, 9.17) is 0 Å². The summed E-state index contributed by atoms with van der Waals surface area (Å²) in [6.45, 7) is 7.14. The quantitative estimate of drug-likeness (QED) is 0.753. The summed E-state index contributed by atoms with van der Waals surface area (Å²) in [7, 11) is 0. The van der Waals surface area contributed by atoms with E-state index in [1.54, 1.807) is 0 Å². The third-order valence-corrected chi connectivity index (χ3v) is 3.21. The van der Waals surface area contributed by atoms with Gasteiger partial charge in [-0.2, -0.15) is 0 Å². The van der Waals surface area contributed by atoms with E-state index in [2.05, 4.69) is 61.3 Å². The van der Waals surface area contributed by atoms with Crippen LogP contribution in [0.15, 0.2) is 55.1 Å². The van der Waals surface area contributed by atoms with Crippen LogP contribution in [0.4, 0.5) is 0 Å². The summed E-state index contributed by atoms with van der Waals surface area (Å²) in [6, 6.07) is 15.5. The zero-order valence-electron chi connectivity index (χ0n) is 11.0. The summed E-state index contributed by atoms with van der Waals surface area (Å²) in [5.74, 6) is 0. The molecule has 0 spiro atoms. The van der Waals surface area contributed by atoms with Crippen LogP contribution in [0, 0.1) is 0 Å². The summed E-state index contributed by atoms with van der Waals surface area (Å²) in [5.41, 5.74) is 1.36. The van der Waals surface area contributed by atoms with Crippen LogP contribution in [0.3, 0.4) is 0 Å². The van der Waals surface area contributed by atoms with E-state index in [-0.39, 0.29) is 0 Å². The summed E-state index contributed by atoms with van der Waals surface area (Å²) in [4.78, 5) is 0. The summed E-state index contributed by atoms with van der Waals surface area (Å²) in [5, 5.41) is 6.11. The molecule has 94 valence electrons. The molecule has 0 radical (unpaired) electrons. The maximum absolute atomic E-state index is 3.91. The minimum Gasteiger partial charge on any atom is -0.310 e. The fourth-order valence-electron chi connectivity index (χ4n) is 2.19. The van der Waals surface area contributed by atoms with Gasteiger partial charge >= 0.3 is 0 Å². The van der Waals surface area contributed by atoms with Gasteiger partial charge in [0.25, 0.3) is 0 Å². The van der Waals surface area contributed by atoms with E-state index in [1.807, 2.05) is 6.08 Å². The number of rotatable bonds is 6.